The predicted molar refractivity (Wildman–Crippen MR) is 74.7 cm³/mol. The number of ether oxygens (including phenoxy) is 1. The van der Waals surface area contributed by atoms with Gasteiger partial charge in [-0.15, -0.1) is 0 Å². The minimum absolute atomic E-state index is 0.0391. The van der Waals surface area contributed by atoms with Crippen molar-refractivity contribution < 1.29 is 22.7 Å². The van der Waals surface area contributed by atoms with Crippen LogP contribution in [0.15, 0.2) is 0 Å². The summed E-state index contributed by atoms with van der Waals surface area (Å²) in [5.41, 5.74) is 0. The van der Waals surface area contributed by atoms with Gasteiger partial charge in [-0.2, -0.15) is 4.31 Å². The van der Waals surface area contributed by atoms with E-state index >= 15 is 0 Å². The van der Waals surface area contributed by atoms with Crippen LogP contribution in [0.2, 0.25) is 0 Å². The molecule has 0 saturated carbocycles. The van der Waals surface area contributed by atoms with Crippen molar-refractivity contribution in [3.63, 3.8) is 0 Å². The van der Waals surface area contributed by atoms with Gasteiger partial charge in [0.15, 0.2) is 5.25 Å². The second-order valence-corrected chi connectivity index (χ2v) is 7.44. The van der Waals surface area contributed by atoms with Gasteiger partial charge in [0.25, 0.3) is 0 Å². The van der Waals surface area contributed by atoms with Gasteiger partial charge < -0.3 is 4.74 Å². The van der Waals surface area contributed by atoms with Crippen molar-refractivity contribution in [2.75, 3.05) is 13.7 Å². The van der Waals surface area contributed by atoms with E-state index in [0.717, 1.165) is 19.3 Å². The van der Waals surface area contributed by atoms with E-state index in [4.69, 9.17) is 0 Å². The van der Waals surface area contributed by atoms with Crippen LogP contribution in [0.5, 0.6) is 0 Å². The highest BCUT2D eigenvalue weighted by atomic mass is 32.2. The Hall–Kier alpha value is -0.950. The van der Waals surface area contributed by atoms with Crippen molar-refractivity contribution in [2.24, 2.45) is 0 Å². The molecule has 0 amide bonds. The molecule has 6 nitrogen and oxygen atoms in total. The third-order valence-electron chi connectivity index (χ3n) is 3.65. The fourth-order valence-electron chi connectivity index (χ4n) is 2.51. The van der Waals surface area contributed by atoms with E-state index in [1.165, 1.54) is 25.3 Å². The number of Topliss-reactive ketones (excluding diaryl/α,β-unsaturated/α-hetero) is 1. The Morgan fingerprint density at radius 2 is 1.95 bits per heavy atom. The van der Waals surface area contributed by atoms with Crippen LogP contribution in [0.25, 0.3) is 0 Å². The minimum atomic E-state index is -3.78. The summed E-state index contributed by atoms with van der Waals surface area (Å²) in [5.74, 6) is -0.807. The van der Waals surface area contributed by atoms with Gasteiger partial charge in [0.05, 0.1) is 7.11 Å². The van der Waals surface area contributed by atoms with Gasteiger partial charge in [-0.3, -0.25) is 9.59 Å². The van der Waals surface area contributed by atoms with Gasteiger partial charge in [-0.05, 0) is 26.7 Å². The maximum absolute atomic E-state index is 12.5. The average molecular weight is 305 g/mol. The SMILES string of the molecule is COC(=O)C(C)S(=O)(=O)N1CCCCCC1CC(C)=O. The maximum atomic E-state index is 12.5. The number of hydrogen-bond donors (Lipinski definition) is 0. The molecule has 1 fully saturated rings. The molecule has 0 aromatic heterocycles. The summed E-state index contributed by atoms with van der Waals surface area (Å²) in [4.78, 5) is 22.9. The number of sulfonamides is 1. The zero-order valence-corrected chi connectivity index (χ0v) is 13.1. The summed E-state index contributed by atoms with van der Waals surface area (Å²) >= 11 is 0. The number of hydrogen-bond acceptors (Lipinski definition) is 5. The molecule has 20 heavy (non-hydrogen) atoms. The molecule has 2 unspecified atom stereocenters. The fourth-order valence-corrected chi connectivity index (χ4v) is 4.24. The molecule has 1 saturated heterocycles. The Morgan fingerprint density at radius 3 is 2.50 bits per heavy atom. The average Bonchev–Trinajstić information content (AvgIpc) is 2.62. The van der Waals surface area contributed by atoms with Crippen molar-refractivity contribution >= 4 is 21.8 Å². The van der Waals surface area contributed by atoms with Crippen molar-refractivity contribution in [2.45, 2.75) is 57.2 Å². The van der Waals surface area contributed by atoms with Crippen molar-refractivity contribution in [1.82, 2.24) is 4.31 Å². The fraction of sp³-hybridized carbons (Fsp3) is 0.846. The second-order valence-electron chi connectivity index (χ2n) is 5.23. The number of carbonyl (C=O) groups is 2. The quantitative estimate of drug-likeness (QED) is 0.711. The summed E-state index contributed by atoms with van der Waals surface area (Å²) < 4.78 is 31.0. The summed E-state index contributed by atoms with van der Waals surface area (Å²) in [6, 6.07) is -0.341. The Bertz CT molecular complexity index is 459. The smallest absolute Gasteiger partial charge is 0.325 e. The van der Waals surface area contributed by atoms with E-state index < -0.39 is 21.2 Å². The first-order chi connectivity index (χ1) is 9.30. The number of ketones is 1. The highest BCUT2D eigenvalue weighted by molar-refractivity contribution is 7.90. The van der Waals surface area contributed by atoms with Crippen LogP contribution >= 0.6 is 0 Å². The predicted octanol–water partition coefficient (Wildman–Crippen LogP) is 1.10. The molecule has 0 aromatic carbocycles. The molecule has 1 aliphatic heterocycles. The molecular formula is C13H23NO5S. The summed E-state index contributed by atoms with van der Waals surface area (Å²) in [6.07, 6.45) is 3.45. The zero-order valence-electron chi connectivity index (χ0n) is 12.3. The Balaban J connectivity index is 3.02. The first-order valence-corrected chi connectivity index (χ1v) is 8.39. The molecule has 0 spiro atoms. The Labute approximate surface area is 120 Å². The van der Waals surface area contributed by atoms with E-state index in [1.807, 2.05) is 0 Å². The molecule has 2 atom stereocenters. The number of carbonyl (C=O) groups excluding carboxylic acids is 2. The standard InChI is InChI=1S/C13H23NO5S/c1-10(15)9-12-7-5-4-6-8-14(12)20(17,18)11(2)13(16)19-3/h11-12H,4-9H2,1-3H3. The van der Waals surface area contributed by atoms with E-state index in [2.05, 4.69) is 4.74 Å². The molecule has 1 aliphatic rings. The molecule has 0 aromatic rings. The van der Waals surface area contributed by atoms with Gasteiger partial charge >= 0.3 is 5.97 Å². The van der Waals surface area contributed by atoms with Crippen LogP contribution in [0.4, 0.5) is 0 Å². The zero-order chi connectivity index (χ0) is 15.3. The van der Waals surface area contributed by atoms with Crippen molar-refractivity contribution in [3.05, 3.63) is 0 Å². The first kappa shape index (κ1) is 17.1. The molecule has 0 N–H and O–H groups in total. The van der Waals surface area contributed by atoms with Crippen LogP contribution in [-0.4, -0.2) is 49.4 Å². The topological polar surface area (TPSA) is 80.8 Å². The first-order valence-electron chi connectivity index (χ1n) is 6.88. The lowest BCUT2D eigenvalue weighted by Crippen LogP contribution is -2.47. The lowest BCUT2D eigenvalue weighted by Gasteiger charge is -2.30. The maximum Gasteiger partial charge on any atom is 0.325 e. The van der Waals surface area contributed by atoms with Crippen molar-refractivity contribution in [1.29, 1.82) is 0 Å². The molecule has 0 bridgehead atoms. The summed E-state index contributed by atoms with van der Waals surface area (Å²) in [6.45, 7) is 3.15. The van der Waals surface area contributed by atoms with Gasteiger partial charge in [0.1, 0.15) is 5.78 Å². The lowest BCUT2D eigenvalue weighted by molar-refractivity contribution is -0.139. The largest absolute Gasteiger partial charge is 0.468 e. The van der Waals surface area contributed by atoms with Crippen LogP contribution in [0.1, 0.15) is 46.0 Å². The lowest BCUT2D eigenvalue weighted by atomic mass is 10.1. The van der Waals surface area contributed by atoms with Crippen LogP contribution in [0.3, 0.4) is 0 Å². The second kappa shape index (κ2) is 7.17. The van der Waals surface area contributed by atoms with E-state index in [9.17, 15) is 18.0 Å². The summed E-state index contributed by atoms with van der Waals surface area (Å²) in [5, 5.41) is -1.24. The van der Waals surface area contributed by atoms with Gasteiger partial charge in [0, 0.05) is 19.0 Å². The van der Waals surface area contributed by atoms with Crippen LogP contribution in [-0.2, 0) is 24.3 Å². The number of esters is 1. The Kier molecular flexibility index (Phi) is 6.13. The molecule has 116 valence electrons. The molecular weight excluding hydrogens is 282 g/mol. The van der Waals surface area contributed by atoms with E-state index in [-0.39, 0.29) is 18.2 Å². The molecule has 1 rings (SSSR count). The molecule has 0 radical (unpaired) electrons. The van der Waals surface area contributed by atoms with Gasteiger partial charge in [-0.1, -0.05) is 12.8 Å². The third kappa shape index (κ3) is 4.02. The molecule has 0 aliphatic carbocycles. The van der Waals surface area contributed by atoms with Crippen molar-refractivity contribution in [3.8, 4) is 0 Å². The number of nitrogens with zero attached hydrogens (tertiary/aromatic N) is 1. The van der Waals surface area contributed by atoms with E-state index in [1.54, 1.807) is 0 Å². The van der Waals surface area contributed by atoms with Crippen LogP contribution in [0, 0.1) is 0 Å². The highest BCUT2D eigenvalue weighted by Gasteiger charge is 2.39. The van der Waals surface area contributed by atoms with E-state index in [0.29, 0.717) is 13.0 Å². The monoisotopic (exact) mass is 305 g/mol. The molecule has 1 heterocycles. The normalized spacial score (nSPS) is 22.9. The molecule has 7 heteroatoms. The number of methoxy groups -OCH3 is 1. The highest BCUT2D eigenvalue weighted by Crippen LogP contribution is 2.25. The van der Waals surface area contributed by atoms with Crippen LogP contribution < -0.4 is 0 Å². The summed E-state index contributed by atoms with van der Waals surface area (Å²) in [7, 11) is -2.61. The minimum Gasteiger partial charge on any atom is -0.468 e. The third-order valence-corrected chi connectivity index (χ3v) is 5.87. The van der Waals surface area contributed by atoms with Gasteiger partial charge in [-0.25, -0.2) is 8.42 Å². The van der Waals surface area contributed by atoms with Gasteiger partial charge in [0.2, 0.25) is 10.0 Å². The number of rotatable bonds is 5. The Morgan fingerprint density at radius 1 is 1.30 bits per heavy atom.